The van der Waals surface area contributed by atoms with Crippen LogP contribution in [0, 0.1) is 5.82 Å². The zero-order chi connectivity index (χ0) is 19.9. The molecule has 0 aliphatic heterocycles. The number of hydrogen-bond donors (Lipinski definition) is 1. The molecule has 0 bridgehead atoms. The zero-order valence-corrected chi connectivity index (χ0v) is 16.1. The van der Waals surface area contributed by atoms with E-state index in [1.54, 1.807) is 20.3 Å². The van der Waals surface area contributed by atoms with Gasteiger partial charge in [0.05, 0.1) is 26.4 Å². The molecule has 3 aromatic rings. The van der Waals surface area contributed by atoms with E-state index in [9.17, 15) is 9.18 Å². The van der Waals surface area contributed by atoms with E-state index in [1.165, 1.54) is 24.3 Å². The van der Waals surface area contributed by atoms with E-state index >= 15 is 0 Å². The summed E-state index contributed by atoms with van der Waals surface area (Å²) >= 11 is 1.12. The van der Waals surface area contributed by atoms with Crippen LogP contribution in [-0.4, -0.2) is 36.1 Å². The van der Waals surface area contributed by atoms with E-state index in [4.69, 9.17) is 13.9 Å². The fraction of sp³-hybridized carbons (Fsp3) is 0.211. The Morgan fingerprint density at radius 3 is 2.57 bits per heavy atom. The fourth-order valence-corrected chi connectivity index (χ4v) is 2.97. The van der Waals surface area contributed by atoms with Crippen molar-refractivity contribution in [1.29, 1.82) is 0 Å². The third kappa shape index (κ3) is 5.23. The number of carbonyl (C=O) groups is 1. The highest BCUT2D eigenvalue weighted by Crippen LogP contribution is 2.28. The minimum Gasteiger partial charge on any atom is -0.493 e. The Kier molecular flexibility index (Phi) is 6.49. The van der Waals surface area contributed by atoms with E-state index in [0.717, 1.165) is 17.3 Å². The molecule has 0 saturated carbocycles. The Bertz CT molecular complexity index is 947. The van der Waals surface area contributed by atoms with E-state index < -0.39 is 0 Å². The Hall–Kier alpha value is -3.07. The minimum absolute atomic E-state index is 0.0926. The van der Waals surface area contributed by atoms with E-state index in [0.29, 0.717) is 34.7 Å². The first-order valence-electron chi connectivity index (χ1n) is 8.29. The van der Waals surface area contributed by atoms with Gasteiger partial charge in [-0.2, -0.15) is 0 Å². The van der Waals surface area contributed by atoms with Crippen LogP contribution in [0.5, 0.6) is 11.5 Å². The molecular weight excluding hydrogens is 385 g/mol. The highest BCUT2D eigenvalue weighted by Gasteiger charge is 2.12. The predicted octanol–water partition coefficient (Wildman–Crippen LogP) is 3.55. The molecule has 28 heavy (non-hydrogen) atoms. The maximum absolute atomic E-state index is 12.9. The third-order valence-corrected chi connectivity index (χ3v) is 4.52. The molecule has 1 aromatic heterocycles. The lowest BCUT2D eigenvalue weighted by molar-refractivity contribution is -0.113. The zero-order valence-electron chi connectivity index (χ0n) is 15.3. The van der Waals surface area contributed by atoms with Crippen molar-refractivity contribution in [3.05, 3.63) is 59.7 Å². The van der Waals surface area contributed by atoms with Crippen molar-refractivity contribution >= 4 is 23.4 Å². The van der Waals surface area contributed by atoms with Crippen LogP contribution in [0.2, 0.25) is 0 Å². The molecule has 3 rings (SSSR count). The Morgan fingerprint density at radius 2 is 1.86 bits per heavy atom. The molecule has 1 heterocycles. The molecule has 0 fully saturated rings. The second kappa shape index (κ2) is 9.23. The lowest BCUT2D eigenvalue weighted by Crippen LogP contribution is -2.13. The quantitative estimate of drug-likeness (QED) is 0.576. The molecule has 1 amide bonds. The normalized spacial score (nSPS) is 10.5. The van der Waals surface area contributed by atoms with Crippen LogP contribution in [0.3, 0.4) is 0 Å². The summed E-state index contributed by atoms with van der Waals surface area (Å²) in [7, 11) is 3.14. The summed E-state index contributed by atoms with van der Waals surface area (Å²) in [5.41, 5.74) is 1.44. The predicted molar refractivity (Wildman–Crippen MR) is 102 cm³/mol. The summed E-state index contributed by atoms with van der Waals surface area (Å²) in [4.78, 5) is 12.0. The van der Waals surface area contributed by atoms with Crippen molar-refractivity contribution in [2.24, 2.45) is 0 Å². The number of halogens is 1. The average molecular weight is 403 g/mol. The van der Waals surface area contributed by atoms with E-state index in [1.807, 2.05) is 12.1 Å². The smallest absolute Gasteiger partial charge is 0.277 e. The number of hydrogen-bond acceptors (Lipinski definition) is 7. The Balaban J connectivity index is 1.54. The average Bonchev–Trinajstić information content (AvgIpc) is 3.15. The Labute approximate surface area is 165 Å². The largest absolute Gasteiger partial charge is 0.493 e. The SMILES string of the molecule is COc1ccc(Cc2nnc(SCC(=O)Nc3ccc(F)cc3)o2)cc1OC. The number of aromatic nitrogens is 2. The molecule has 7 nitrogen and oxygen atoms in total. The van der Waals surface area contributed by atoms with Crippen LogP contribution in [0.15, 0.2) is 52.1 Å². The summed E-state index contributed by atoms with van der Waals surface area (Å²) in [6.07, 6.45) is 0.426. The molecule has 0 atom stereocenters. The van der Waals surface area contributed by atoms with Gasteiger partial charge in [0, 0.05) is 5.69 Å². The van der Waals surface area contributed by atoms with Crippen LogP contribution in [0.1, 0.15) is 11.5 Å². The molecule has 0 radical (unpaired) electrons. The van der Waals surface area contributed by atoms with E-state index in [2.05, 4.69) is 15.5 Å². The van der Waals surface area contributed by atoms with Crippen LogP contribution in [-0.2, 0) is 11.2 Å². The van der Waals surface area contributed by atoms with Gasteiger partial charge in [0.25, 0.3) is 5.22 Å². The highest BCUT2D eigenvalue weighted by atomic mass is 32.2. The summed E-state index contributed by atoms with van der Waals surface area (Å²) in [5, 5.41) is 10.9. The number of nitrogens with zero attached hydrogens (tertiary/aromatic N) is 2. The van der Waals surface area contributed by atoms with Gasteiger partial charge in [0.15, 0.2) is 11.5 Å². The molecule has 0 spiro atoms. The van der Waals surface area contributed by atoms with Gasteiger partial charge in [-0.05, 0) is 42.0 Å². The first kappa shape index (κ1) is 19.7. The number of benzene rings is 2. The van der Waals surface area contributed by atoms with Crippen molar-refractivity contribution in [3.63, 3.8) is 0 Å². The van der Waals surface area contributed by atoms with Gasteiger partial charge < -0.3 is 19.2 Å². The van der Waals surface area contributed by atoms with Gasteiger partial charge in [-0.25, -0.2) is 4.39 Å². The number of rotatable bonds is 8. The van der Waals surface area contributed by atoms with Gasteiger partial charge >= 0.3 is 0 Å². The lowest BCUT2D eigenvalue weighted by Gasteiger charge is -2.08. The number of methoxy groups -OCH3 is 2. The molecule has 1 N–H and O–H groups in total. The molecular formula is C19H18FN3O4S. The maximum Gasteiger partial charge on any atom is 0.277 e. The second-order valence-electron chi connectivity index (χ2n) is 5.67. The van der Waals surface area contributed by atoms with Gasteiger partial charge in [-0.3, -0.25) is 4.79 Å². The molecule has 146 valence electrons. The van der Waals surface area contributed by atoms with Gasteiger partial charge in [0.1, 0.15) is 5.82 Å². The summed E-state index contributed by atoms with van der Waals surface area (Å²) < 4.78 is 28.9. The van der Waals surface area contributed by atoms with Crippen molar-refractivity contribution in [2.75, 3.05) is 25.3 Å². The van der Waals surface area contributed by atoms with Crippen LogP contribution in [0.4, 0.5) is 10.1 Å². The standard InChI is InChI=1S/C19H18FN3O4S/c1-25-15-8-3-12(9-16(15)26-2)10-18-22-23-19(27-18)28-11-17(24)21-14-6-4-13(20)5-7-14/h3-9H,10-11H2,1-2H3,(H,21,24). The van der Waals surface area contributed by atoms with Gasteiger partial charge in [-0.1, -0.05) is 17.8 Å². The maximum atomic E-state index is 12.9. The van der Waals surface area contributed by atoms with Crippen LogP contribution < -0.4 is 14.8 Å². The molecule has 2 aromatic carbocycles. The Morgan fingerprint density at radius 1 is 1.11 bits per heavy atom. The number of anilines is 1. The van der Waals surface area contributed by atoms with Crippen molar-refractivity contribution < 1.29 is 23.1 Å². The third-order valence-electron chi connectivity index (χ3n) is 3.71. The first-order chi connectivity index (χ1) is 13.6. The highest BCUT2D eigenvalue weighted by molar-refractivity contribution is 7.99. The first-order valence-corrected chi connectivity index (χ1v) is 9.27. The number of carbonyl (C=O) groups excluding carboxylic acids is 1. The lowest BCUT2D eigenvalue weighted by atomic mass is 10.1. The van der Waals surface area contributed by atoms with Crippen molar-refractivity contribution in [2.45, 2.75) is 11.6 Å². The van der Waals surface area contributed by atoms with Crippen LogP contribution >= 0.6 is 11.8 Å². The van der Waals surface area contributed by atoms with Gasteiger partial charge in [0.2, 0.25) is 11.8 Å². The molecule has 0 unspecified atom stereocenters. The minimum atomic E-state index is -0.361. The number of nitrogens with one attached hydrogen (secondary N) is 1. The second-order valence-corrected chi connectivity index (χ2v) is 6.60. The fourth-order valence-electron chi connectivity index (χ4n) is 2.39. The topological polar surface area (TPSA) is 86.5 Å². The van der Waals surface area contributed by atoms with Crippen molar-refractivity contribution in [3.8, 4) is 11.5 Å². The number of thioether (sulfide) groups is 1. The molecule has 0 aliphatic rings. The summed E-state index contributed by atoms with van der Waals surface area (Å²) in [6.45, 7) is 0. The molecule has 0 aliphatic carbocycles. The van der Waals surface area contributed by atoms with E-state index in [-0.39, 0.29) is 17.5 Å². The summed E-state index contributed by atoms with van der Waals surface area (Å²) in [5.74, 6) is 1.16. The van der Waals surface area contributed by atoms with Crippen LogP contribution in [0.25, 0.3) is 0 Å². The van der Waals surface area contributed by atoms with Gasteiger partial charge in [-0.15, -0.1) is 10.2 Å². The number of ether oxygens (including phenoxy) is 2. The van der Waals surface area contributed by atoms with Crippen molar-refractivity contribution in [1.82, 2.24) is 10.2 Å². The molecule has 9 heteroatoms. The number of amides is 1. The molecule has 0 saturated heterocycles. The monoisotopic (exact) mass is 403 g/mol. The summed E-state index contributed by atoms with van der Waals surface area (Å²) in [6, 6.07) is 11.1.